The number of hydrazone groups is 1. The molecule has 0 unspecified atom stereocenters. The fourth-order valence-corrected chi connectivity index (χ4v) is 2.09. The number of para-hydroxylation sites is 1. The Balaban J connectivity index is 1.77. The van der Waals surface area contributed by atoms with Crippen LogP contribution in [0.25, 0.3) is 10.9 Å². The van der Waals surface area contributed by atoms with Crippen molar-refractivity contribution in [2.24, 2.45) is 5.10 Å². The zero-order valence-electron chi connectivity index (χ0n) is 11.9. The molecular weight excluding hydrogens is 297 g/mol. The average Bonchev–Trinajstić information content (AvgIpc) is 2.56. The second kappa shape index (κ2) is 6.23. The molecule has 0 bridgehead atoms. The van der Waals surface area contributed by atoms with Crippen LogP contribution in [0.1, 0.15) is 15.9 Å². The van der Waals surface area contributed by atoms with Gasteiger partial charge in [0, 0.05) is 11.1 Å². The van der Waals surface area contributed by atoms with E-state index in [1.165, 1.54) is 30.5 Å². The Morgan fingerprint density at radius 3 is 2.65 bits per heavy atom. The molecule has 0 spiro atoms. The Morgan fingerprint density at radius 1 is 1.13 bits per heavy atom. The largest absolute Gasteiger partial charge is 0.321 e. The summed E-state index contributed by atoms with van der Waals surface area (Å²) in [6.45, 7) is 0. The van der Waals surface area contributed by atoms with Crippen LogP contribution in [-0.2, 0) is 0 Å². The van der Waals surface area contributed by atoms with Crippen LogP contribution >= 0.6 is 0 Å². The van der Waals surface area contributed by atoms with Crippen LogP contribution < -0.4 is 11.0 Å². The van der Waals surface area contributed by atoms with Gasteiger partial charge < -0.3 is 4.98 Å². The SMILES string of the molecule is O=C(N/N=C/c1cc2ccccc2[nH]c1=O)c1ccc(F)cc1. The molecule has 2 N–H and O–H groups in total. The Kier molecular flexibility index (Phi) is 3.97. The quantitative estimate of drug-likeness (QED) is 0.576. The molecule has 6 heteroatoms. The summed E-state index contributed by atoms with van der Waals surface area (Å²) >= 11 is 0. The van der Waals surface area contributed by atoms with E-state index in [0.29, 0.717) is 5.56 Å². The second-order valence-corrected chi connectivity index (χ2v) is 4.85. The Morgan fingerprint density at radius 2 is 1.87 bits per heavy atom. The van der Waals surface area contributed by atoms with Crippen LogP contribution in [0.3, 0.4) is 0 Å². The molecule has 5 nitrogen and oxygen atoms in total. The summed E-state index contributed by atoms with van der Waals surface area (Å²) in [5.41, 5.74) is 3.32. The smallest absolute Gasteiger partial charge is 0.271 e. The molecule has 0 saturated carbocycles. The van der Waals surface area contributed by atoms with E-state index in [-0.39, 0.29) is 11.1 Å². The van der Waals surface area contributed by atoms with Crippen LogP contribution in [0.4, 0.5) is 4.39 Å². The average molecular weight is 309 g/mol. The van der Waals surface area contributed by atoms with Gasteiger partial charge in [-0.15, -0.1) is 0 Å². The van der Waals surface area contributed by atoms with Gasteiger partial charge >= 0.3 is 0 Å². The molecule has 1 heterocycles. The third-order valence-corrected chi connectivity index (χ3v) is 3.26. The highest BCUT2D eigenvalue weighted by molar-refractivity contribution is 5.95. The number of hydrogen-bond acceptors (Lipinski definition) is 3. The first-order valence-corrected chi connectivity index (χ1v) is 6.84. The topological polar surface area (TPSA) is 74.3 Å². The van der Waals surface area contributed by atoms with Crippen LogP contribution in [0.2, 0.25) is 0 Å². The maximum absolute atomic E-state index is 12.8. The summed E-state index contributed by atoms with van der Waals surface area (Å²) in [4.78, 5) is 26.5. The molecule has 0 aliphatic rings. The molecule has 0 saturated heterocycles. The second-order valence-electron chi connectivity index (χ2n) is 4.85. The van der Waals surface area contributed by atoms with Crippen molar-refractivity contribution in [1.29, 1.82) is 0 Å². The lowest BCUT2D eigenvalue weighted by Crippen LogP contribution is -2.19. The number of hydrogen-bond donors (Lipinski definition) is 2. The number of carbonyl (C=O) groups is 1. The van der Waals surface area contributed by atoms with E-state index in [1.54, 1.807) is 12.1 Å². The van der Waals surface area contributed by atoms with Crippen molar-refractivity contribution in [2.75, 3.05) is 0 Å². The van der Waals surface area contributed by atoms with Gasteiger partial charge in [-0.25, -0.2) is 9.82 Å². The molecule has 0 atom stereocenters. The van der Waals surface area contributed by atoms with E-state index in [1.807, 2.05) is 18.2 Å². The molecule has 3 rings (SSSR count). The maximum atomic E-state index is 12.8. The first-order valence-electron chi connectivity index (χ1n) is 6.84. The van der Waals surface area contributed by atoms with Crippen LogP contribution in [0, 0.1) is 5.82 Å². The lowest BCUT2D eigenvalue weighted by Gasteiger charge is -2.00. The third-order valence-electron chi connectivity index (χ3n) is 3.26. The van der Waals surface area contributed by atoms with Gasteiger partial charge in [-0.1, -0.05) is 18.2 Å². The van der Waals surface area contributed by atoms with E-state index in [9.17, 15) is 14.0 Å². The number of H-pyrrole nitrogens is 1. The van der Waals surface area contributed by atoms with Crippen molar-refractivity contribution in [3.05, 3.63) is 81.9 Å². The summed E-state index contributed by atoms with van der Waals surface area (Å²) < 4.78 is 12.8. The lowest BCUT2D eigenvalue weighted by molar-refractivity contribution is 0.0955. The summed E-state index contributed by atoms with van der Waals surface area (Å²) in [5.74, 6) is -0.911. The number of carbonyl (C=O) groups excluding carboxylic acids is 1. The standard InChI is InChI=1S/C17H12FN3O2/c18-14-7-5-11(6-8-14)17(23)21-19-10-13-9-12-3-1-2-4-15(12)20-16(13)22/h1-10H,(H,20,22)(H,21,23)/b19-10+. The van der Waals surface area contributed by atoms with Gasteiger partial charge in [0.05, 0.1) is 11.8 Å². The van der Waals surface area contributed by atoms with Gasteiger partial charge in [0.25, 0.3) is 11.5 Å². The minimum absolute atomic E-state index is 0.274. The number of pyridine rings is 1. The summed E-state index contributed by atoms with van der Waals surface area (Å²) in [7, 11) is 0. The lowest BCUT2D eigenvalue weighted by atomic mass is 10.2. The molecular formula is C17H12FN3O2. The summed E-state index contributed by atoms with van der Waals surface area (Å²) in [5, 5.41) is 4.63. The third kappa shape index (κ3) is 3.32. The van der Waals surface area contributed by atoms with E-state index in [2.05, 4.69) is 15.5 Å². The number of nitrogens with one attached hydrogen (secondary N) is 2. The zero-order chi connectivity index (χ0) is 16.2. The van der Waals surface area contributed by atoms with Gasteiger partial charge in [-0.2, -0.15) is 5.10 Å². The van der Waals surface area contributed by atoms with Crippen molar-refractivity contribution in [3.8, 4) is 0 Å². The summed E-state index contributed by atoms with van der Waals surface area (Å²) in [6, 6.07) is 14.1. The highest BCUT2D eigenvalue weighted by Crippen LogP contribution is 2.09. The highest BCUT2D eigenvalue weighted by Gasteiger charge is 2.04. The predicted octanol–water partition coefficient (Wildman–Crippen LogP) is 2.43. The zero-order valence-corrected chi connectivity index (χ0v) is 11.9. The number of rotatable bonds is 3. The number of aromatic nitrogens is 1. The summed E-state index contributed by atoms with van der Waals surface area (Å²) in [6.07, 6.45) is 1.27. The fraction of sp³-hybridized carbons (Fsp3) is 0. The van der Waals surface area contributed by atoms with Crippen LogP contribution in [-0.4, -0.2) is 17.1 Å². The Labute approximate surface area is 130 Å². The van der Waals surface area contributed by atoms with E-state index in [4.69, 9.17) is 0 Å². The highest BCUT2D eigenvalue weighted by atomic mass is 19.1. The molecule has 114 valence electrons. The number of amides is 1. The Hall–Kier alpha value is -3.28. The molecule has 0 fully saturated rings. The van der Waals surface area contributed by atoms with Gasteiger partial charge in [-0.05, 0) is 41.8 Å². The number of aromatic amines is 1. The molecule has 1 aromatic heterocycles. The van der Waals surface area contributed by atoms with Gasteiger partial charge in [0.1, 0.15) is 5.82 Å². The molecule has 0 aliphatic heterocycles. The van der Waals surface area contributed by atoms with Crippen molar-refractivity contribution < 1.29 is 9.18 Å². The fourth-order valence-electron chi connectivity index (χ4n) is 2.09. The molecule has 23 heavy (non-hydrogen) atoms. The van der Waals surface area contributed by atoms with E-state index in [0.717, 1.165) is 10.9 Å². The monoisotopic (exact) mass is 309 g/mol. The predicted molar refractivity (Wildman–Crippen MR) is 86.0 cm³/mol. The van der Waals surface area contributed by atoms with Crippen molar-refractivity contribution >= 4 is 23.0 Å². The molecule has 0 aliphatic carbocycles. The van der Waals surface area contributed by atoms with Gasteiger partial charge in [0.2, 0.25) is 0 Å². The maximum Gasteiger partial charge on any atom is 0.271 e. The number of benzene rings is 2. The number of halogens is 1. The Bertz CT molecular complexity index is 946. The van der Waals surface area contributed by atoms with Crippen molar-refractivity contribution in [2.45, 2.75) is 0 Å². The van der Waals surface area contributed by atoms with Gasteiger partial charge in [0.15, 0.2) is 0 Å². The van der Waals surface area contributed by atoms with Gasteiger partial charge in [-0.3, -0.25) is 9.59 Å². The first-order chi connectivity index (χ1) is 11.1. The van der Waals surface area contributed by atoms with Crippen LogP contribution in [0.15, 0.2) is 64.5 Å². The number of fused-ring (bicyclic) bond motifs is 1. The van der Waals surface area contributed by atoms with E-state index >= 15 is 0 Å². The van der Waals surface area contributed by atoms with Crippen molar-refractivity contribution in [1.82, 2.24) is 10.4 Å². The molecule has 0 radical (unpaired) electrons. The molecule has 3 aromatic rings. The minimum atomic E-state index is -0.488. The first kappa shape index (κ1) is 14.6. The molecule has 1 amide bonds. The van der Waals surface area contributed by atoms with Crippen LogP contribution in [0.5, 0.6) is 0 Å². The van der Waals surface area contributed by atoms with E-state index < -0.39 is 11.7 Å². The normalized spacial score (nSPS) is 11.0. The number of nitrogens with zero attached hydrogens (tertiary/aromatic N) is 1. The molecule has 2 aromatic carbocycles. The van der Waals surface area contributed by atoms with Crippen molar-refractivity contribution in [3.63, 3.8) is 0 Å². The minimum Gasteiger partial charge on any atom is -0.321 e.